The van der Waals surface area contributed by atoms with Crippen LogP contribution >= 0.6 is 12.6 Å². The molecule has 88 valence electrons. The average Bonchev–Trinajstić information content (AvgIpc) is 2.27. The van der Waals surface area contributed by atoms with Crippen molar-refractivity contribution >= 4 is 18.5 Å². The smallest absolute Gasteiger partial charge is 0.255 e. The number of carbonyl (C=O) groups excluding carboxylic acids is 1. The zero-order chi connectivity index (χ0) is 12.3. The number of thiol groups is 1. The maximum absolute atomic E-state index is 12.1. The standard InChI is InChI=1S/C12H17NO2S/c1-12(2,8-14)13(3)11(15)9-6-4-5-7-10(9)16/h4-7,14,16H,8H2,1-3H3. The number of aliphatic hydroxyl groups is 1. The summed E-state index contributed by atoms with van der Waals surface area (Å²) in [5.41, 5.74) is -0.0255. The fourth-order valence-corrected chi connectivity index (χ4v) is 1.47. The summed E-state index contributed by atoms with van der Waals surface area (Å²) < 4.78 is 0. The molecule has 1 N–H and O–H groups in total. The van der Waals surface area contributed by atoms with E-state index < -0.39 is 5.54 Å². The number of likely N-dealkylation sites (N-methyl/N-ethyl adjacent to an activating group) is 1. The maximum atomic E-state index is 12.1. The van der Waals surface area contributed by atoms with Crippen LogP contribution in [0.4, 0.5) is 0 Å². The highest BCUT2D eigenvalue weighted by Crippen LogP contribution is 2.19. The van der Waals surface area contributed by atoms with Gasteiger partial charge in [0.1, 0.15) is 0 Å². The van der Waals surface area contributed by atoms with Gasteiger partial charge in [0, 0.05) is 11.9 Å². The number of rotatable bonds is 3. The molecule has 0 aliphatic carbocycles. The lowest BCUT2D eigenvalue weighted by Crippen LogP contribution is -2.47. The molecule has 0 bridgehead atoms. The van der Waals surface area contributed by atoms with E-state index in [-0.39, 0.29) is 12.5 Å². The van der Waals surface area contributed by atoms with Crippen molar-refractivity contribution in [3.63, 3.8) is 0 Å². The Morgan fingerprint density at radius 3 is 2.50 bits per heavy atom. The van der Waals surface area contributed by atoms with Crippen LogP contribution in [0.1, 0.15) is 24.2 Å². The van der Waals surface area contributed by atoms with Crippen molar-refractivity contribution in [1.82, 2.24) is 4.90 Å². The molecule has 0 aliphatic heterocycles. The minimum atomic E-state index is -0.576. The maximum Gasteiger partial charge on any atom is 0.255 e. The Kier molecular flexibility index (Phi) is 3.99. The second-order valence-electron chi connectivity index (χ2n) is 4.35. The summed E-state index contributed by atoms with van der Waals surface area (Å²) in [6.07, 6.45) is 0. The zero-order valence-electron chi connectivity index (χ0n) is 9.77. The number of hydrogen-bond donors (Lipinski definition) is 2. The molecule has 0 heterocycles. The van der Waals surface area contributed by atoms with Crippen molar-refractivity contribution in [2.45, 2.75) is 24.3 Å². The van der Waals surface area contributed by atoms with Crippen molar-refractivity contribution in [3.05, 3.63) is 29.8 Å². The van der Waals surface area contributed by atoms with Crippen LogP contribution in [0.3, 0.4) is 0 Å². The van der Waals surface area contributed by atoms with Crippen LogP contribution in [-0.4, -0.2) is 35.1 Å². The number of hydrogen-bond acceptors (Lipinski definition) is 3. The largest absolute Gasteiger partial charge is 0.394 e. The molecule has 1 aromatic carbocycles. The third kappa shape index (κ3) is 2.57. The average molecular weight is 239 g/mol. The second-order valence-corrected chi connectivity index (χ2v) is 4.83. The SMILES string of the molecule is CN(C(=O)c1ccccc1S)C(C)(C)CO. The predicted octanol–water partition coefficient (Wildman–Crippen LogP) is 1.82. The molecule has 4 heteroatoms. The van der Waals surface area contributed by atoms with E-state index in [1.165, 1.54) is 4.90 Å². The summed E-state index contributed by atoms with van der Waals surface area (Å²) in [7, 11) is 1.68. The second kappa shape index (κ2) is 4.89. The summed E-state index contributed by atoms with van der Waals surface area (Å²) in [6.45, 7) is 3.54. The highest BCUT2D eigenvalue weighted by molar-refractivity contribution is 7.80. The van der Waals surface area contributed by atoms with E-state index in [1.807, 2.05) is 19.9 Å². The first-order chi connectivity index (χ1) is 7.40. The molecule has 0 aliphatic rings. The van der Waals surface area contributed by atoms with Crippen LogP contribution in [0.15, 0.2) is 29.2 Å². The summed E-state index contributed by atoms with van der Waals surface area (Å²) in [5, 5.41) is 9.22. The third-order valence-electron chi connectivity index (χ3n) is 2.73. The molecular weight excluding hydrogens is 222 g/mol. The normalized spacial score (nSPS) is 11.3. The van der Waals surface area contributed by atoms with Crippen LogP contribution in [0.2, 0.25) is 0 Å². The van der Waals surface area contributed by atoms with E-state index in [2.05, 4.69) is 12.6 Å². The molecule has 0 atom stereocenters. The monoisotopic (exact) mass is 239 g/mol. The molecule has 0 saturated heterocycles. The van der Waals surface area contributed by atoms with Gasteiger partial charge >= 0.3 is 0 Å². The van der Waals surface area contributed by atoms with Gasteiger partial charge < -0.3 is 10.0 Å². The minimum Gasteiger partial charge on any atom is -0.394 e. The number of amides is 1. The lowest BCUT2D eigenvalue weighted by atomic mass is 10.0. The molecule has 1 aromatic rings. The van der Waals surface area contributed by atoms with Crippen molar-refractivity contribution in [1.29, 1.82) is 0 Å². The topological polar surface area (TPSA) is 40.5 Å². The number of carbonyl (C=O) groups is 1. The highest BCUT2D eigenvalue weighted by Gasteiger charge is 2.28. The van der Waals surface area contributed by atoms with E-state index in [0.29, 0.717) is 10.5 Å². The van der Waals surface area contributed by atoms with Gasteiger partial charge in [0.05, 0.1) is 17.7 Å². The molecule has 1 rings (SSSR count). The minimum absolute atomic E-state index is 0.0794. The number of aliphatic hydroxyl groups excluding tert-OH is 1. The van der Waals surface area contributed by atoms with E-state index in [4.69, 9.17) is 0 Å². The molecule has 0 unspecified atom stereocenters. The lowest BCUT2D eigenvalue weighted by molar-refractivity contribution is 0.0470. The van der Waals surface area contributed by atoms with Crippen molar-refractivity contribution < 1.29 is 9.90 Å². The fraction of sp³-hybridized carbons (Fsp3) is 0.417. The van der Waals surface area contributed by atoms with Gasteiger partial charge in [0.25, 0.3) is 5.91 Å². The van der Waals surface area contributed by atoms with Gasteiger partial charge in [-0.2, -0.15) is 0 Å². The van der Waals surface area contributed by atoms with E-state index in [9.17, 15) is 9.90 Å². The molecule has 0 saturated carbocycles. The predicted molar refractivity (Wildman–Crippen MR) is 67.0 cm³/mol. The lowest BCUT2D eigenvalue weighted by Gasteiger charge is -2.34. The summed E-state index contributed by atoms with van der Waals surface area (Å²) in [6, 6.07) is 7.13. The highest BCUT2D eigenvalue weighted by atomic mass is 32.1. The first kappa shape index (κ1) is 13.1. The van der Waals surface area contributed by atoms with Gasteiger partial charge in [-0.25, -0.2) is 0 Å². The van der Waals surface area contributed by atoms with Crippen molar-refractivity contribution in [2.24, 2.45) is 0 Å². The summed E-state index contributed by atoms with van der Waals surface area (Å²) in [4.78, 5) is 14.3. The number of nitrogens with zero attached hydrogens (tertiary/aromatic N) is 1. The Hall–Kier alpha value is -1.00. The van der Waals surface area contributed by atoms with E-state index in [1.54, 1.807) is 25.2 Å². The molecule has 16 heavy (non-hydrogen) atoms. The first-order valence-corrected chi connectivity index (χ1v) is 5.52. The Morgan fingerprint density at radius 1 is 1.44 bits per heavy atom. The van der Waals surface area contributed by atoms with Crippen molar-refractivity contribution in [2.75, 3.05) is 13.7 Å². The van der Waals surface area contributed by atoms with Crippen LogP contribution in [0.5, 0.6) is 0 Å². The van der Waals surface area contributed by atoms with Gasteiger partial charge in [-0.1, -0.05) is 12.1 Å². The quantitative estimate of drug-likeness (QED) is 0.790. The van der Waals surface area contributed by atoms with Gasteiger partial charge in [-0.05, 0) is 26.0 Å². The molecule has 3 nitrogen and oxygen atoms in total. The van der Waals surface area contributed by atoms with Gasteiger partial charge in [-0.3, -0.25) is 4.79 Å². The van der Waals surface area contributed by atoms with Gasteiger partial charge in [0.15, 0.2) is 0 Å². The molecule has 0 aromatic heterocycles. The Labute approximate surface area is 101 Å². The number of benzene rings is 1. The van der Waals surface area contributed by atoms with Crippen LogP contribution in [0, 0.1) is 0 Å². The first-order valence-electron chi connectivity index (χ1n) is 5.07. The molecule has 1 amide bonds. The van der Waals surface area contributed by atoms with Crippen LogP contribution in [0.25, 0.3) is 0 Å². The summed E-state index contributed by atoms with van der Waals surface area (Å²) >= 11 is 4.25. The molecule has 0 radical (unpaired) electrons. The van der Waals surface area contributed by atoms with Crippen LogP contribution < -0.4 is 0 Å². The third-order valence-corrected chi connectivity index (χ3v) is 3.12. The van der Waals surface area contributed by atoms with Gasteiger partial charge in [0.2, 0.25) is 0 Å². The molecule has 0 spiro atoms. The van der Waals surface area contributed by atoms with E-state index in [0.717, 1.165) is 0 Å². The van der Waals surface area contributed by atoms with Crippen LogP contribution in [-0.2, 0) is 0 Å². The Bertz CT molecular complexity index is 390. The fourth-order valence-electron chi connectivity index (χ4n) is 1.22. The molecular formula is C12H17NO2S. The van der Waals surface area contributed by atoms with Crippen molar-refractivity contribution in [3.8, 4) is 0 Å². The van der Waals surface area contributed by atoms with E-state index >= 15 is 0 Å². The molecule has 0 fully saturated rings. The Balaban J connectivity index is 3.00. The van der Waals surface area contributed by atoms with Gasteiger partial charge in [-0.15, -0.1) is 12.6 Å². The summed E-state index contributed by atoms with van der Waals surface area (Å²) in [5.74, 6) is -0.135. The zero-order valence-corrected chi connectivity index (χ0v) is 10.7. The Morgan fingerprint density at radius 2 is 2.00 bits per heavy atom.